The Balaban J connectivity index is 1.49. The molecule has 168 valence electrons. The van der Waals surface area contributed by atoms with E-state index in [9.17, 15) is 4.79 Å². The SMILES string of the molecule is CCNC(=NCc1cccc(NC(=O)C2CCCC2)c1)NCCCn1nc(C)cc1C. The average Bonchev–Trinajstić information content (AvgIpc) is 3.39. The Morgan fingerprint density at radius 2 is 2.00 bits per heavy atom. The van der Waals surface area contributed by atoms with Gasteiger partial charge in [0.25, 0.3) is 0 Å². The lowest BCUT2D eigenvalue weighted by Gasteiger charge is -2.13. The first kappa shape index (κ1) is 22.8. The van der Waals surface area contributed by atoms with Crippen LogP contribution >= 0.6 is 0 Å². The molecule has 3 rings (SSSR count). The molecule has 1 aliphatic rings. The van der Waals surface area contributed by atoms with Crippen LogP contribution in [0.5, 0.6) is 0 Å². The molecule has 1 aliphatic carbocycles. The number of rotatable bonds is 9. The molecule has 0 unspecified atom stereocenters. The van der Waals surface area contributed by atoms with Gasteiger partial charge >= 0.3 is 0 Å². The molecule has 7 nitrogen and oxygen atoms in total. The minimum atomic E-state index is 0.149. The highest BCUT2D eigenvalue weighted by Crippen LogP contribution is 2.26. The van der Waals surface area contributed by atoms with E-state index < -0.39 is 0 Å². The van der Waals surface area contributed by atoms with Gasteiger partial charge < -0.3 is 16.0 Å². The van der Waals surface area contributed by atoms with Gasteiger partial charge in [0.2, 0.25) is 5.91 Å². The van der Waals surface area contributed by atoms with Gasteiger partial charge in [-0.1, -0.05) is 25.0 Å². The summed E-state index contributed by atoms with van der Waals surface area (Å²) in [5, 5.41) is 14.3. The van der Waals surface area contributed by atoms with Crippen LogP contribution in [0.4, 0.5) is 5.69 Å². The van der Waals surface area contributed by atoms with Crippen molar-refractivity contribution in [1.82, 2.24) is 20.4 Å². The van der Waals surface area contributed by atoms with E-state index in [2.05, 4.69) is 41.0 Å². The second-order valence-electron chi connectivity index (χ2n) is 8.30. The van der Waals surface area contributed by atoms with Crippen molar-refractivity contribution in [2.45, 2.75) is 66.0 Å². The van der Waals surface area contributed by atoms with E-state index in [0.29, 0.717) is 6.54 Å². The zero-order valence-electron chi connectivity index (χ0n) is 19.1. The highest BCUT2D eigenvalue weighted by atomic mass is 16.1. The Kier molecular flexibility index (Phi) is 8.50. The summed E-state index contributed by atoms with van der Waals surface area (Å²) in [5.41, 5.74) is 4.18. The molecular weight excluding hydrogens is 388 g/mol. The van der Waals surface area contributed by atoms with E-state index in [1.54, 1.807) is 0 Å². The fourth-order valence-corrected chi connectivity index (χ4v) is 4.03. The van der Waals surface area contributed by atoms with Crippen LogP contribution in [0.3, 0.4) is 0 Å². The van der Waals surface area contributed by atoms with Crippen LogP contribution in [0.25, 0.3) is 0 Å². The molecule has 2 aromatic rings. The van der Waals surface area contributed by atoms with Crippen LogP contribution in [-0.4, -0.2) is 34.7 Å². The Hall–Kier alpha value is -2.83. The van der Waals surface area contributed by atoms with Crippen molar-refractivity contribution in [3.8, 4) is 0 Å². The van der Waals surface area contributed by atoms with Gasteiger partial charge in [-0.05, 0) is 63.8 Å². The van der Waals surface area contributed by atoms with Gasteiger partial charge in [-0.3, -0.25) is 9.48 Å². The molecule has 1 aromatic heterocycles. The Morgan fingerprint density at radius 3 is 2.71 bits per heavy atom. The van der Waals surface area contributed by atoms with Crippen molar-refractivity contribution >= 4 is 17.6 Å². The smallest absolute Gasteiger partial charge is 0.227 e. The third-order valence-electron chi connectivity index (χ3n) is 5.63. The summed E-state index contributed by atoms with van der Waals surface area (Å²) in [6, 6.07) is 10.1. The number of carbonyl (C=O) groups excluding carboxylic acids is 1. The van der Waals surface area contributed by atoms with Crippen molar-refractivity contribution in [3.63, 3.8) is 0 Å². The number of benzene rings is 1. The lowest BCUT2D eigenvalue weighted by molar-refractivity contribution is -0.119. The van der Waals surface area contributed by atoms with Gasteiger partial charge in [0.1, 0.15) is 0 Å². The third-order valence-corrected chi connectivity index (χ3v) is 5.63. The molecule has 0 radical (unpaired) electrons. The quantitative estimate of drug-likeness (QED) is 0.325. The number of hydrogen-bond donors (Lipinski definition) is 3. The maximum absolute atomic E-state index is 12.4. The molecule has 1 amide bonds. The number of carbonyl (C=O) groups is 1. The highest BCUT2D eigenvalue weighted by molar-refractivity contribution is 5.92. The molecule has 1 aromatic carbocycles. The lowest BCUT2D eigenvalue weighted by atomic mass is 10.1. The maximum Gasteiger partial charge on any atom is 0.227 e. The summed E-state index contributed by atoms with van der Waals surface area (Å²) >= 11 is 0. The second-order valence-corrected chi connectivity index (χ2v) is 8.30. The number of nitrogens with one attached hydrogen (secondary N) is 3. The fraction of sp³-hybridized carbons (Fsp3) is 0.542. The van der Waals surface area contributed by atoms with E-state index in [1.165, 1.54) is 5.69 Å². The first-order valence-electron chi connectivity index (χ1n) is 11.5. The van der Waals surface area contributed by atoms with Gasteiger partial charge in [0.05, 0.1) is 12.2 Å². The number of hydrogen-bond acceptors (Lipinski definition) is 3. The van der Waals surface area contributed by atoms with Gasteiger partial charge in [-0.15, -0.1) is 0 Å². The third kappa shape index (κ3) is 7.12. The fourth-order valence-electron chi connectivity index (χ4n) is 4.03. The van der Waals surface area contributed by atoms with Crippen molar-refractivity contribution in [2.24, 2.45) is 10.9 Å². The highest BCUT2D eigenvalue weighted by Gasteiger charge is 2.22. The van der Waals surface area contributed by atoms with E-state index in [0.717, 1.165) is 74.6 Å². The number of guanidine groups is 1. The molecular formula is C24H36N6O. The van der Waals surface area contributed by atoms with Crippen LogP contribution < -0.4 is 16.0 Å². The van der Waals surface area contributed by atoms with Gasteiger partial charge in [0, 0.05) is 36.9 Å². The molecule has 0 bridgehead atoms. The minimum Gasteiger partial charge on any atom is -0.357 e. The van der Waals surface area contributed by atoms with Crippen molar-refractivity contribution in [2.75, 3.05) is 18.4 Å². The number of anilines is 1. The van der Waals surface area contributed by atoms with Crippen LogP contribution in [0, 0.1) is 19.8 Å². The van der Waals surface area contributed by atoms with E-state index in [-0.39, 0.29) is 11.8 Å². The van der Waals surface area contributed by atoms with E-state index in [4.69, 9.17) is 4.99 Å². The summed E-state index contributed by atoms with van der Waals surface area (Å²) in [6.45, 7) is 9.24. The molecule has 0 aliphatic heterocycles. The molecule has 0 saturated heterocycles. The number of amides is 1. The maximum atomic E-state index is 12.4. The normalized spacial score (nSPS) is 14.6. The van der Waals surface area contributed by atoms with Crippen LogP contribution in [-0.2, 0) is 17.9 Å². The van der Waals surface area contributed by atoms with Crippen LogP contribution in [0.15, 0.2) is 35.3 Å². The monoisotopic (exact) mass is 424 g/mol. The number of aromatic nitrogens is 2. The van der Waals surface area contributed by atoms with Gasteiger partial charge in [0.15, 0.2) is 5.96 Å². The molecule has 0 spiro atoms. The van der Waals surface area contributed by atoms with E-state index in [1.807, 2.05) is 35.9 Å². The zero-order valence-corrected chi connectivity index (χ0v) is 19.1. The largest absolute Gasteiger partial charge is 0.357 e. The Labute approximate surface area is 185 Å². The molecule has 0 atom stereocenters. The summed E-state index contributed by atoms with van der Waals surface area (Å²) in [6.07, 6.45) is 5.30. The summed E-state index contributed by atoms with van der Waals surface area (Å²) in [7, 11) is 0. The average molecular weight is 425 g/mol. The predicted molar refractivity (Wildman–Crippen MR) is 126 cm³/mol. The topological polar surface area (TPSA) is 83.3 Å². The Bertz CT molecular complexity index is 882. The first-order chi connectivity index (χ1) is 15.0. The van der Waals surface area contributed by atoms with Gasteiger partial charge in [-0.25, -0.2) is 4.99 Å². The van der Waals surface area contributed by atoms with Crippen molar-refractivity contribution < 1.29 is 4.79 Å². The molecule has 7 heteroatoms. The summed E-state index contributed by atoms with van der Waals surface area (Å²) in [4.78, 5) is 17.1. The van der Waals surface area contributed by atoms with Crippen LogP contribution in [0.1, 0.15) is 56.0 Å². The molecule has 1 saturated carbocycles. The molecule has 1 fully saturated rings. The molecule has 1 heterocycles. The minimum absolute atomic E-state index is 0.149. The standard InChI is InChI=1S/C24H36N6O/c1-4-25-24(26-13-8-14-30-19(3)15-18(2)29-30)27-17-20-9-7-12-22(16-20)28-23(31)21-10-5-6-11-21/h7,9,12,15-16,21H,4-6,8,10-11,13-14,17H2,1-3H3,(H,28,31)(H2,25,26,27). The van der Waals surface area contributed by atoms with Crippen molar-refractivity contribution in [3.05, 3.63) is 47.3 Å². The molecule has 31 heavy (non-hydrogen) atoms. The Morgan fingerprint density at radius 1 is 1.19 bits per heavy atom. The second kappa shape index (κ2) is 11.5. The van der Waals surface area contributed by atoms with E-state index >= 15 is 0 Å². The lowest BCUT2D eigenvalue weighted by Crippen LogP contribution is -2.38. The molecule has 3 N–H and O–H groups in total. The number of nitrogens with zero attached hydrogens (tertiary/aromatic N) is 3. The summed E-state index contributed by atoms with van der Waals surface area (Å²) < 4.78 is 2.05. The van der Waals surface area contributed by atoms with Crippen LogP contribution in [0.2, 0.25) is 0 Å². The summed E-state index contributed by atoms with van der Waals surface area (Å²) in [5.74, 6) is 1.12. The van der Waals surface area contributed by atoms with Gasteiger partial charge in [-0.2, -0.15) is 5.10 Å². The number of aliphatic imine (C=N–C) groups is 1. The van der Waals surface area contributed by atoms with Crippen molar-refractivity contribution in [1.29, 1.82) is 0 Å². The predicted octanol–water partition coefficient (Wildman–Crippen LogP) is 3.77. The zero-order chi connectivity index (χ0) is 22.1. The first-order valence-corrected chi connectivity index (χ1v) is 11.5. The number of aryl methyl sites for hydroxylation is 3.